The second kappa shape index (κ2) is 6.69. The van der Waals surface area contributed by atoms with E-state index in [2.05, 4.69) is 24.1 Å². The summed E-state index contributed by atoms with van der Waals surface area (Å²) in [7, 11) is 5.97. The minimum Gasteiger partial charge on any atom is -0.311 e. The maximum atomic E-state index is 14.2. The molecule has 19 heavy (non-hydrogen) atoms. The Bertz CT molecular complexity index is 417. The van der Waals surface area contributed by atoms with Crippen LogP contribution in [-0.2, 0) is 0 Å². The molecule has 0 fully saturated rings. The average Bonchev–Trinajstić information content (AvgIpc) is 2.37. The molecule has 1 N–H and O–H groups in total. The van der Waals surface area contributed by atoms with E-state index >= 15 is 0 Å². The number of hydrogen-bond donors (Lipinski definition) is 1. The third-order valence-corrected chi connectivity index (χ3v) is 4.45. The van der Waals surface area contributed by atoms with Crippen LogP contribution in [0.5, 0.6) is 0 Å². The van der Waals surface area contributed by atoms with Gasteiger partial charge < -0.3 is 10.2 Å². The highest BCUT2D eigenvalue weighted by Gasteiger charge is 2.39. The monoisotopic (exact) mass is 286 g/mol. The molecule has 0 spiro atoms. The first-order valence-electron chi connectivity index (χ1n) is 6.72. The largest absolute Gasteiger partial charge is 0.311 e. The number of likely N-dealkylation sites (N-methyl/N-ethyl adjacent to an activating group) is 2. The lowest BCUT2D eigenvalue weighted by Crippen LogP contribution is -2.52. The van der Waals surface area contributed by atoms with Crippen LogP contribution in [0.3, 0.4) is 0 Å². The molecule has 0 radical (unpaired) electrons. The second-order valence-electron chi connectivity index (χ2n) is 5.09. The first kappa shape index (κ1) is 16.4. The number of halogens is 2. The summed E-state index contributed by atoms with van der Waals surface area (Å²) >= 11 is 5.84. The summed E-state index contributed by atoms with van der Waals surface area (Å²) in [6, 6.07) is 4.83. The van der Waals surface area contributed by atoms with Crippen LogP contribution < -0.4 is 5.32 Å². The summed E-state index contributed by atoms with van der Waals surface area (Å²) < 4.78 is 14.2. The molecule has 108 valence electrons. The molecule has 4 heteroatoms. The van der Waals surface area contributed by atoms with E-state index in [-0.39, 0.29) is 17.4 Å². The molecular weight excluding hydrogens is 263 g/mol. The van der Waals surface area contributed by atoms with E-state index in [1.165, 1.54) is 6.07 Å². The van der Waals surface area contributed by atoms with Gasteiger partial charge in [-0.3, -0.25) is 0 Å². The quantitative estimate of drug-likeness (QED) is 0.854. The molecule has 1 aromatic carbocycles. The average molecular weight is 287 g/mol. The molecule has 2 nitrogen and oxygen atoms in total. The maximum Gasteiger partial charge on any atom is 0.129 e. The third kappa shape index (κ3) is 3.10. The van der Waals surface area contributed by atoms with Crippen LogP contribution >= 0.6 is 11.6 Å². The number of benzene rings is 1. The zero-order valence-corrected chi connectivity index (χ0v) is 13.2. The maximum absolute atomic E-state index is 14.2. The number of hydrogen-bond acceptors (Lipinski definition) is 2. The molecule has 0 aliphatic rings. The van der Waals surface area contributed by atoms with Gasteiger partial charge in [-0.05, 0) is 46.1 Å². The van der Waals surface area contributed by atoms with Crippen molar-refractivity contribution < 1.29 is 4.39 Å². The first-order chi connectivity index (χ1) is 8.92. The lowest BCUT2D eigenvalue weighted by atomic mass is 9.79. The van der Waals surface area contributed by atoms with Gasteiger partial charge in [0.25, 0.3) is 0 Å². The smallest absolute Gasteiger partial charge is 0.129 e. The van der Waals surface area contributed by atoms with Gasteiger partial charge in [0, 0.05) is 16.1 Å². The Kier molecular flexibility index (Phi) is 5.78. The van der Waals surface area contributed by atoms with Gasteiger partial charge in [0.2, 0.25) is 0 Å². The van der Waals surface area contributed by atoms with E-state index < -0.39 is 0 Å². The molecule has 0 heterocycles. The molecule has 0 saturated carbocycles. The Hall–Kier alpha value is -0.640. The Morgan fingerprint density at radius 3 is 2.26 bits per heavy atom. The lowest BCUT2D eigenvalue weighted by molar-refractivity contribution is 0.0901. The van der Waals surface area contributed by atoms with Gasteiger partial charge in [-0.2, -0.15) is 0 Å². The summed E-state index contributed by atoms with van der Waals surface area (Å²) in [4.78, 5) is 2.18. The Morgan fingerprint density at radius 1 is 1.32 bits per heavy atom. The van der Waals surface area contributed by atoms with Crippen molar-refractivity contribution >= 4 is 11.6 Å². The zero-order valence-electron chi connectivity index (χ0n) is 12.4. The van der Waals surface area contributed by atoms with Crippen molar-refractivity contribution in [3.8, 4) is 0 Å². The van der Waals surface area contributed by atoms with E-state index in [1.807, 2.05) is 21.1 Å². The Morgan fingerprint density at radius 2 is 1.89 bits per heavy atom. The SMILES string of the molecule is CCC(CC)(C(NC)c1ccc(Cl)cc1F)N(C)C. The highest BCUT2D eigenvalue weighted by molar-refractivity contribution is 6.30. The number of nitrogens with one attached hydrogen (secondary N) is 1. The van der Waals surface area contributed by atoms with Crippen LogP contribution in [0.25, 0.3) is 0 Å². The van der Waals surface area contributed by atoms with Crippen molar-refractivity contribution in [3.63, 3.8) is 0 Å². The molecule has 0 aliphatic carbocycles. The van der Waals surface area contributed by atoms with E-state index in [4.69, 9.17) is 11.6 Å². The fourth-order valence-corrected chi connectivity index (χ4v) is 3.16. The van der Waals surface area contributed by atoms with Gasteiger partial charge in [0.05, 0.1) is 6.04 Å². The van der Waals surface area contributed by atoms with Crippen molar-refractivity contribution in [2.24, 2.45) is 0 Å². The molecule has 0 saturated heterocycles. The normalized spacial score (nSPS) is 13.9. The van der Waals surface area contributed by atoms with Crippen LogP contribution in [0.15, 0.2) is 18.2 Å². The fourth-order valence-electron chi connectivity index (χ4n) is 3.00. The number of nitrogens with zero attached hydrogens (tertiary/aromatic N) is 1. The van der Waals surface area contributed by atoms with Gasteiger partial charge in [0.1, 0.15) is 5.82 Å². The van der Waals surface area contributed by atoms with Crippen molar-refractivity contribution in [2.45, 2.75) is 38.3 Å². The van der Waals surface area contributed by atoms with Gasteiger partial charge in [-0.1, -0.05) is 31.5 Å². The highest BCUT2D eigenvalue weighted by atomic mass is 35.5. The van der Waals surface area contributed by atoms with Crippen LogP contribution in [0.1, 0.15) is 38.3 Å². The van der Waals surface area contributed by atoms with E-state index in [9.17, 15) is 4.39 Å². The molecule has 0 bridgehead atoms. The van der Waals surface area contributed by atoms with Crippen molar-refractivity contribution in [2.75, 3.05) is 21.1 Å². The van der Waals surface area contributed by atoms with Gasteiger partial charge in [-0.25, -0.2) is 4.39 Å². The molecule has 0 amide bonds. The summed E-state index contributed by atoms with van der Waals surface area (Å²) in [6.45, 7) is 4.28. The zero-order chi connectivity index (χ0) is 14.6. The minimum atomic E-state index is -0.250. The summed E-state index contributed by atoms with van der Waals surface area (Å²) in [5.41, 5.74) is 0.549. The van der Waals surface area contributed by atoms with E-state index in [1.54, 1.807) is 12.1 Å². The lowest BCUT2D eigenvalue weighted by Gasteiger charge is -2.45. The predicted octanol–water partition coefficient (Wildman–Crippen LogP) is 3.86. The summed E-state index contributed by atoms with van der Waals surface area (Å²) in [5, 5.41) is 3.71. The van der Waals surface area contributed by atoms with E-state index in [0.29, 0.717) is 10.6 Å². The predicted molar refractivity (Wildman–Crippen MR) is 80.2 cm³/mol. The highest BCUT2D eigenvalue weighted by Crippen LogP contribution is 2.37. The number of rotatable bonds is 6. The van der Waals surface area contributed by atoms with Crippen molar-refractivity contribution in [3.05, 3.63) is 34.6 Å². The molecule has 1 unspecified atom stereocenters. The van der Waals surface area contributed by atoms with Gasteiger partial charge in [0.15, 0.2) is 0 Å². The van der Waals surface area contributed by atoms with Crippen LogP contribution in [-0.4, -0.2) is 31.6 Å². The summed E-state index contributed by atoms with van der Waals surface area (Å²) in [5.74, 6) is -0.250. The third-order valence-electron chi connectivity index (χ3n) is 4.21. The molecule has 1 aromatic rings. The van der Waals surface area contributed by atoms with Gasteiger partial charge >= 0.3 is 0 Å². The molecule has 1 rings (SSSR count). The summed E-state index contributed by atoms with van der Waals surface area (Å²) in [6.07, 6.45) is 1.87. The Balaban J connectivity index is 3.31. The van der Waals surface area contributed by atoms with Gasteiger partial charge in [-0.15, -0.1) is 0 Å². The van der Waals surface area contributed by atoms with Crippen LogP contribution in [0.4, 0.5) is 4.39 Å². The first-order valence-corrected chi connectivity index (χ1v) is 7.10. The fraction of sp³-hybridized carbons (Fsp3) is 0.600. The van der Waals surface area contributed by atoms with Crippen LogP contribution in [0, 0.1) is 5.82 Å². The molecular formula is C15H24ClFN2. The second-order valence-corrected chi connectivity index (χ2v) is 5.53. The standard InChI is InChI=1S/C15H24ClFN2/c1-6-15(7-2,19(4)5)14(18-3)12-9-8-11(16)10-13(12)17/h8-10,14,18H,6-7H2,1-5H3. The molecule has 1 atom stereocenters. The van der Waals surface area contributed by atoms with Crippen molar-refractivity contribution in [1.29, 1.82) is 0 Å². The minimum absolute atomic E-state index is 0.0743. The topological polar surface area (TPSA) is 15.3 Å². The van der Waals surface area contributed by atoms with Crippen LogP contribution in [0.2, 0.25) is 5.02 Å². The Labute approximate surface area is 120 Å². The van der Waals surface area contributed by atoms with E-state index in [0.717, 1.165) is 12.8 Å². The molecule has 0 aliphatic heterocycles. The molecule has 0 aromatic heterocycles. The van der Waals surface area contributed by atoms with Crippen molar-refractivity contribution in [1.82, 2.24) is 10.2 Å².